The van der Waals surface area contributed by atoms with Crippen molar-refractivity contribution in [3.05, 3.63) is 76.3 Å². The van der Waals surface area contributed by atoms with Crippen LogP contribution in [0.15, 0.2) is 54.6 Å². The Morgan fingerprint density at radius 2 is 1.68 bits per heavy atom. The Morgan fingerprint density at radius 1 is 0.929 bits per heavy atom. The van der Waals surface area contributed by atoms with Gasteiger partial charge in [-0.05, 0) is 58.8 Å². The number of halogens is 1. The van der Waals surface area contributed by atoms with Crippen molar-refractivity contribution in [2.75, 3.05) is 44.8 Å². The van der Waals surface area contributed by atoms with Crippen LogP contribution in [-0.2, 0) is 11.3 Å². The first-order valence-electron chi connectivity index (χ1n) is 10.0. The Kier molecular flexibility index (Phi) is 4.75. The zero-order valence-electron chi connectivity index (χ0n) is 16.2. The summed E-state index contributed by atoms with van der Waals surface area (Å²) in [4.78, 5) is 4.83. The highest BCUT2D eigenvalue weighted by Crippen LogP contribution is 2.39. The van der Waals surface area contributed by atoms with Crippen LogP contribution in [0.5, 0.6) is 0 Å². The van der Waals surface area contributed by atoms with E-state index in [1.807, 2.05) is 0 Å². The minimum Gasteiger partial charge on any atom is -0.378 e. The van der Waals surface area contributed by atoms with Gasteiger partial charge in [0.15, 0.2) is 0 Å². The molecule has 0 N–H and O–H groups in total. The average Bonchev–Trinajstić information content (AvgIpc) is 2.73. The van der Waals surface area contributed by atoms with Crippen LogP contribution in [0.1, 0.15) is 22.6 Å². The summed E-state index contributed by atoms with van der Waals surface area (Å²) < 4.78 is 5.51. The molecular formula is C24H25ClN2O. The van der Waals surface area contributed by atoms with Crippen LogP contribution in [-0.4, -0.2) is 44.8 Å². The standard InChI is InChI=1S/C24H25ClN2O/c1-26-15-19-12-20(27-8-10-28-11-9-27)6-7-21(19)23(16-26)22-13-17-4-2-3-5-18(17)14-24(22)25/h2-7,12-14,23H,8-11,15-16H2,1H3. The molecule has 0 aliphatic carbocycles. The molecule has 2 heterocycles. The van der Waals surface area contributed by atoms with E-state index in [-0.39, 0.29) is 0 Å². The summed E-state index contributed by atoms with van der Waals surface area (Å²) >= 11 is 6.76. The van der Waals surface area contributed by atoms with E-state index in [0.717, 1.165) is 44.4 Å². The maximum absolute atomic E-state index is 6.76. The van der Waals surface area contributed by atoms with Crippen LogP contribution in [0.25, 0.3) is 10.8 Å². The quantitative estimate of drug-likeness (QED) is 0.616. The fraction of sp³-hybridized carbons (Fsp3) is 0.333. The van der Waals surface area contributed by atoms with Crippen molar-refractivity contribution in [2.45, 2.75) is 12.5 Å². The lowest BCUT2D eigenvalue weighted by molar-refractivity contribution is 0.122. The van der Waals surface area contributed by atoms with Crippen LogP contribution < -0.4 is 4.90 Å². The fourth-order valence-electron chi connectivity index (χ4n) is 4.62. The number of hydrogen-bond donors (Lipinski definition) is 0. The van der Waals surface area contributed by atoms with Crippen molar-refractivity contribution in [2.24, 2.45) is 0 Å². The molecule has 0 bridgehead atoms. The molecule has 0 amide bonds. The summed E-state index contributed by atoms with van der Waals surface area (Å²) in [6.45, 7) is 5.53. The zero-order valence-corrected chi connectivity index (χ0v) is 17.0. The number of fused-ring (bicyclic) bond motifs is 2. The van der Waals surface area contributed by atoms with E-state index < -0.39 is 0 Å². The highest BCUT2D eigenvalue weighted by Gasteiger charge is 2.27. The summed E-state index contributed by atoms with van der Waals surface area (Å²) in [6, 6.07) is 19.8. The molecule has 0 aromatic heterocycles. The SMILES string of the molecule is CN1Cc2cc(N3CCOCC3)ccc2C(c2cc3ccccc3cc2Cl)C1. The van der Waals surface area contributed by atoms with E-state index >= 15 is 0 Å². The van der Waals surface area contributed by atoms with E-state index in [1.54, 1.807) is 0 Å². The molecule has 1 atom stereocenters. The van der Waals surface area contributed by atoms with Gasteiger partial charge in [0.25, 0.3) is 0 Å². The van der Waals surface area contributed by atoms with Gasteiger partial charge in [-0.25, -0.2) is 0 Å². The van der Waals surface area contributed by atoms with Crippen LogP contribution in [0, 0.1) is 0 Å². The predicted octanol–water partition coefficient (Wildman–Crippen LogP) is 4.91. The lowest BCUT2D eigenvalue weighted by Gasteiger charge is -2.35. The molecule has 1 unspecified atom stereocenters. The Bertz CT molecular complexity index is 1010. The molecular weight excluding hydrogens is 368 g/mol. The molecule has 144 valence electrons. The topological polar surface area (TPSA) is 15.7 Å². The van der Waals surface area contributed by atoms with Crippen molar-refractivity contribution >= 4 is 28.1 Å². The lowest BCUT2D eigenvalue weighted by Crippen LogP contribution is -2.37. The van der Waals surface area contributed by atoms with Gasteiger partial charge in [-0.15, -0.1) is 0 Å². The molecule has 4 heteroatoms. The van der Waals surface area contributed by atoms with Crippen molar-refractivity contribution in [3.63, 3.8) is 0 Å². The second-order valence-electron chi connectivity index (χ2n) is 7.95. The number of morpholine rings is 1. The number of benzene rings is 3. The van der Waals surface area contributed by atoms with Crippen molar-refractivity contribution in [3.8, 4) is 0 Å². The van der Waals surface area contributed by atoms with Gasteiger partial charge in [-0.1, -0.05) is 41.9 Å². The summed E-state index contributed by atoms with van der Waals surface area (Å²) in [5.41, 5.74) is 5.35. The molecule has 5 rings (SSSR count). The predicted molar refractivity (Wildman–Crippen MR) is 117 cm³/mol. The molecule has 0 radical (unpaired) electrons. The van der Waals surface area contributed by atoms with Gasteiger partial charge in [0.1, 0.15) is 0 Å². The van der Waals surface area contributed by atoms with E-state index in [2.05, 4.69) is 71.4 Å². The third-order valence-electron chi connectivity index (χ3n) is 6.05. The van der Waals surface area contributed by atoms with Gasteiger partial charge in [-0.3, -0.25) is 0 Å². The Balaban J connectivity index is 1.56. The number of rotatable bonds is 2. The summed E-state index contributed by atoms with van der Waals surface area (Å²) in [6.07, 6.45) is 0. The summed E-state index contributed by atoms with van der Waals surface area (Å²) in [5.74, 6) is 0.296. The maximum atomic E-state index is 6.76. The molecule has 1 fully saturated rings. The zero-order chi connectivity index (χ0) is 19.1. The first kappa shape index (κ1) is 18.0. The van der Waals surface area contributed by atoms with Gasteiger partial charge < -0.3 is 14.5 Å². The average molecular weight is 393 g/mol. The summed E-state index contributed by atoms with van der Waals surface area (Å²) in [5, 5.41) is 3.31. The number of hydrogen-bond acceptors (Lipinski definition) is 3. The van der Waals surface area contributed by atoms with Gasteiger partial charge in [0.2, 0.25) is 0 Å². The Hall–Kier alpha value is -2.07. The third kappa shape index (κ3) is 3.28. The number of ether oxygens (including phenoxy) is 1. The second-order valence-corrected chi connectivity index (χ2v) is 8.36. The van der Waals surface area contributed by atoms with Gasteiger partial charge in [0, 0.05) is 42.8 Å². The monoisotopic (exact) mass is 392 g/mol. The van der Waals surface area contributed by atoms with Gasteiger partial charge >= 0.3 is 0 Å². The van der Waals surface area contributed by atoms with E-state index in [9.17, 15) is 0 Å². The molecule has 0 saturated carbocycles. The largest absolute Gasteiger partial charge is 0.378 e. The van der Waals surface area contributed by atoms with Crippen molar-refractivity contribution in [1.82, 2.24) is 4.90 Å². The molecule has 1 saturated heterocycles. The van der Waals surface area contributed by atoms with Crippen molar-refractivity contribution in [1.29, 1.82) is 0 Å². The summed E-state index contributed by atoms with van der Waals surface area (Å²) in [7, 11) is 2.20. The highest BCUT2D eigenvalue weighted by atomic mass is 35.5. The first-order valence-corrected chi connectivity index (χ1v) is 10.4. The Labute approximate surface area is 171 Å². The van der Waals surface area contributed by atoms with Gasteiger partial charge in [-0.2, -0.15) is 0 Å². The lowest BCUT2D eigenvalue weighted by atomic mass is 9.83. The minimum atomic E-state index is 0.296. The van der Waals surface area contributed by atoms with E-state index in [1.165, 1.54) is 33.2 Å². The molecule has 3 aromatic rings. The van der Waals surface area contributed by atoms with Crippen LogP contribution >= 0.6 is 11.6 Å². The van der Waals surface area contributed by atoms with E-state index in [4.69, 9.17) is 16.3 Å². The minimum absolute atomic E-state index is 0.296. The molecule has 3 aromatic carbocycles. The Morgan fingerprint density at radius 3 is 2.46 bits per heavy atom. The van der Waals surface area contributed by atoms with Crippen LogP contribution in [0.3, 0.4) is 0 Å². The first-order chi connectivity index (χ1) is 13.7. The normalized spacial score (nSPS) is 20.4. The second kappa shape index (κ2) is 7.40. The van der Waals surface area contributed by atoms with Crippen LogP contribution in [0.2, 0.25) is 5.02 Å². The molecule has 2 aliphatic heterocycles. The number of likely N-dealkylation sites (N-methyl/N-ethyl adjacent to an activating group) is 1. The molecule has 0 spiro atoms. The molecule has 28 heavy (non-hydrogen) atoms. The van der Waals surface area contributed by atoms with Gasteiger partial charge in [0.05, 0.1) is 13.2 Å². The smallest absolute Gasteiger partial charge is 0.0642 e. The molecule has 2 aliphatic rings. The van der Waals surface area contributed by atoms with E-state index in [0.29, 0.717) is 5.92 Å². The third-order valence-corrected chi connectivity index (χ3v) is 6.38. The number of anilines is 1. The fourth-order valence-corrected chi connectivity index (χ4v) is 4.92. The number of nitrogens with zero attached hydrogens (tertiary/aromatic N) is 2. The highest BCUT2D eigenvalue weighted by molar-refractivity contribution is 6.32. The molecule has 3 nitrogen and oxygen atoms in total. The van der Waals surface area contributed by atoms with Crippen LogP contribution in [0.4, 0.5) is 5.69 Å². The maximum Gasteiger partial charge on any atom is 0.0642 e. The van der Waals surface area contributed by atoms with Crippen molar-refractivity contribution < 1.29 is 4.74 Å².